The van der Waals surface area contributed by atoms with Crippen LogP contribution in [0.2, 0.25) is 0 Å². The van der Waals surface area contributed by atoms with Gasteiger partial charge in [-0.05, 0) is 31.0 Å². The second kappa shape index (κ2) is 6.82. The third-order valence-corrected chi connectivity index (χ3v) is 4.34. The fraction of sp³-hybridized carbons (Fsp3) is 0.412. The van der Waals surface area contributed by atoms with Crippen LogP contribution in [0, 0.1) is 0 Å². The molecular formula is C17H22N4O3. The lowest BCUT2D eigenvalue weighted by Gasteiger charge is -2.33. The number of methoxy groups -OCH3 is 1. The zero-order chi connectivity index (χ0) is 17.1. The lowest BCUT2D eigenvalue weighted by atomic mass is 10.0. The number of imidazole rings is 1. The van der Waals surface area contributed by atoms with Gasteiger partial charge < -0.3 is 24.6 Å². The summed E-state index contributed by atoms with van der Waals surface area (Å²) in [6, 6.07) is 4.62. The molecule has 0 bridgehead atoms. The second-order valence-corrected chi connectivity index (χ2v) is 5.96. The van der Waals surface area contributed by atoms with Crippen molar-refractivity contribution >= 4 is 11.9 Å². The monoisotopic (exact) mass is 330 g/mol. The standard InChI is InChI=1S/C17H22N4O3/c1-20-10-7-18-17(20)21-8-5-12(6-9-21)19-16(23)14-11-13(22)3-4-15(14)24-2/h3-4,7,10-12,22H,5-6,8-9H2,1-2H3,(H,19,23). The van der Waals surface area contributed by atoms with Crippen molar-refractivity contribution in [2.75, 3.05) is 25.1 Å². The number of benzene rings is 1. The number of piperidine rings is 1. The summed E-state index contributed by atoms with van der Waals surface area (Å²) >= 11 is 0. The Bertz CT molecular complexity index is 720. The first kappa shape index (κ1) is 16.2. The fourth-order valence-electron chi connectivity index (χ4n) is 3.02. The molecule has 1 aliphatic heterocycles. The highest BCUT2D eigenvalue weighted by molar-refractivity contribution is 5.97. The number of aryl methyl sites for hydroxylation is 1. The zero-order valence-corrected chi connectivity index (χ0v) is 13.9. The molecule has 0 aliphatic carbocycles. The van der Waals surface area contributed by atoms with Crippen LogP contribution in [0.15, 0.2) is 30.6 Å². The van der Waals surface area contributed by atoms with Crippen molar-refractivity contribution in [3.63, 3.8) is 0 Å². The third kappa shape index (κ3) is 3.29. The highest BCUT2D eigenvalue weighted by Gasteiger charge is 2.24. The number of phenols is 1. The first-order chi connectivity index (χ1) is 11.6. The molecule has 0 radical (unpaired) electrons. The summed E-state index contributed by atoms with van der Waals surface area (Å²) in [4.78, 5) is 19.1. The van der Waals surface area contributed by atoms with Crippen LogP contribution in [0.4, 0.5) is 5.95 Å². The van der Waals surface area contributed by atoms with Crippen LogP contribution in [0.25, 0.3) is 0 Å². The quantitative estimate of drug-likeness (QED) is 0.889. The third-order valence-electron chi connectivity index (χ3n) is 4.34. The predicted octanol–water partition coefficient (Wildman–Crippen LogP) is 1.53. The van der Waals surface area contributed by atoms with Crippen molar-refractivity contribution in [3.8, 4) is 11.5 Å². The minimum Gasteiger partial charge on any atom is -0.508 e. The summed E-state index contributed by atoms with van der Waals surface area (Å²) in [5.41, 5.74) is 0.351. The molecule has 1 fully saturated rings. The number of carbonyl (C=O) groups excluding carboxylic acids is 1. The molecule has 2 heterocycles. The molecule has 1 aliphatic rings. The van der Waals surface area contributed by atoms with Gasteiger partial charge in [-0.25, -0.2) is 4.98 Å². The van der Waals surface area contributed by atoms with Crippen LogP contribution in [-0.4, -0.2) is 46.8 Å². The second-order valence-electron chi connectivity index (χ2n) is 5.96. The number of hydrogen-bond acceptors (Lipinski definition) is 5. The predicted molar refractivity (Wildman–Crippen MR) is 90.6 cm³/mol. The number of nitrogens with one attached hydrogen (secondary N) is 1. The molecule has 2 aromatic rings. The molecule has 1 aromatic heterocycles. The highest BCUT2D eigenvalue weighted by atomic mass is 16.5. The number of rotatable bonds is 4. The lowest BCUT2D eigenvalue weighted by Crippen LogP contribution is -2.45. The van der Waals surface area contributed by atoms with Crippen LogP contribution in [0.5, 0.6) is 11.5 Å². The van der Waals surface area contributed by atoms with Gasteiger partial charge in [0.2, 0.25) is 5.95 Å². The summed E-state index contributed by atoms with van der Waals surface area (Å²) in [5.74, 6) is 1.23. The average molecular weight is 330 g/mol. The van der Waals surface area contributed by atoms with Crippen molar-refractivity contribution in [1.29, 1.82) is 0 Å². The Balaban J connectivity index is 1.61. The van der Waals surface area contributed by atoms with Gasteiger partial charge >= 0.3 is 0 Å². The number of phenolic OH excluding ortho intramolecular Hbond substituents is 1. The maximum Gasteiger partial charge on any atom is 0.255 e. The van der Waals surface area contributed by atoms with Crippen molar-refractivity contribution in [3.05, 3.63) is 36.2 Å². The maximum absolute atomic E-state index is 12.5. The molecule has 7 heteroatoms. The van der Waals surface area contributed by atoms with Crippen LogP contribution in [-0.2, 0) is 7.05 Å². The average Bonchev–Trinajstić information content (AvgIpc) is 3.01. The van der Waals surface area contributed by atoms with E-state index in [1.807, 2.05) is 17.8 Å². The van der Waals surface area contributed by atoms with Gasteiger partial charge in [0.1, 0.15) is 11.5 Å². The van der Waals surface area contributed by atoms with Gasteiger partial charge in [-0.2, -0.15) is 0 Å². The lowest BCUT2D eigenvalue weighted by molar-refractivity contribution is 0.0927. The molecule has 0 spiro atoms. The molecule has 2 N–H and O–H groups in total. The number of amides is 1. The molecule has 24 heavy (non-hydrogen) atoms. The number of anilines is 1. The first-order valence-electron chi connectivity index (χ1n) is 7.98. The topological polar surface area (TPSA) is 79.6 Å². The van der Waals surface area contributed by atoms with Crippen molar-refractivity contribution in [2.24, 2.45) is 7.05 Å². The summed E-state index contributed by atoms with van der Waals surface area (Å²) < 4.78 is 7.20. The van der Waals surface area contributed by atoms with E-state index in [-0.39, 0.29) is 17.7 Å². The van der Waals surface area contributed by atoms with Crippen LogP contribution < -0.4 is 15.0 Å². The van der Waals surface area contributed by atoms with Gasteiger partial charge in [-0.1, -0.05) is 0 Å². The smallest absolute Gasteiger partial charge is 0.255 e. The van der Waals surface area contributed by atoms with E-state index < -0.39 is 0 Å². The first-order valence-corrected chi connectivity index (χ1v) is 7.98. The highest BCUT2D eigenvalue weighted by Crippen LogP contribution is 2.24. The minimum atomic E-state index is -0.224. The normalized spacial score (nSPS) is 15.3. The van der Waals surface area contributed by atoms with Gasteiger partial charge in [-0.3, -0.25) is 4.79 Å². The maximum atomic E-state index is 12.5. The SMILES string of the molecule is COc1ccc(O)cc1C(=O)NC1CCN(c2nccn2C)CC1. The molecule has 0 atom stereocenters. The van der Waals surface area contributed by atoms with E-state index in [1.54, 1.807) is 12.3 Å². The molecule has 7 nitrogen and oxygen atoms in total. The Kier molecular flexibility index (Phi) is 4.59. The minimum absolute atomic E-state index is 0.0468. The van der Waals surface area contributed by atoms with E-state index in [0.717, 1.165) is 31.9 Å². The van der Waals surface area contributed by atoms with Crippen LogP contribution in [0.1, 0.15) is 23.2 Å². The van der Waals surface area contributed by atoms with Crippen molar-refractivity contribution in [2.45, 2.75) is 18.9 Å². The van der Waals surface area contributed by atoms with Gasteiger partial charge in [0.15, 0.2) is 0 Å². The van der Waals surface area contributed by atoms with Crippen LogP contribution >= 0.6 is 0 Å². The summed E-state index contributed by atoms with van der Waals surface area (Å²) in [6.07, 6.45) is 5.41. The molecule has 3 rings (SSSR count). The molecule has 0 unspecified atom stereocenters. The Morgan fingerprint density at radius 2 is 2.12 bits per heavy atom. The van der Waals surface area contributed by atoms with Crippen molar-refractivity contribution < 1.29 is 14.6 Å². The van der Waals surface area contributed by atoms with Gasteiger partial charge in [0.25, 0.3) is 5.91 Å². The Hall–Kier alpha value is -2.70. The number of ether oxygens (including phenoxy) is 1. The molecular weight excluding hydrogens is 308 g/mol. The molecule has 0 saturated carbocycles. The molecule has 1 saturated heterocycles. The number of aromatic nitrogens is 2. The van der Waals surface area contributed by atoms with E-state index in [2.05, 4.69) is 15.2 Å². The summed E-state index contributed by atoms with van der Waals surface area (Å²) in [6.45, 7) is 1.68. The Labute approximate surface area is 140 Å². The summed E-state index contributed by atoms with van der Waals surface area (Å²) in [5, 5.41) is 12.6. The van der Waals surface area contributed by atoms with E-state index in [1.165, 1.54) is 19.2 Å². The summed E-state index contributed by atoms with van der Waals surface area (Å²) in [7, 11) is 3.48. The zero-order valence-electron chi connectivity index (χ0n) is 13.9. The molecule has 1 amide bonds. The van der Waals surface area contributed by atoms with Gasteiger partial charge in [-0.15, -0.1) is 0 Å². The number of aromatic hydroxyl groups is 1. The van der Waals surface area contributed by atoms with Crippen LogP contribution in [0.3, 0.4) is 0 Å². The Morgan fingerprint density at radius 1 is 1.38 bits per heavy atom. The Morgan fingerprint density at radius 3 is 2.75 bits per heavy atom. The molecule has 128 valence electrons. The molecule has 1 aromatic carbocycles. The van der Waals surface area contributed by atoms with E-state index >= 15 is 0 Å². The number of nitrogens with zero attached hydrogens (tertiary/aromatic N) is 3. The van der Waals surface area contributed by atoms with Gasteiger partial charge in [0.05, 0.1) is 12.7 Å². The van der Waals surface area contributed by atoms with E-state index in [0.29, 0.717) is 11.3 Å². The van der Waals surface area contributed by atoms with E-state index in [4.69, 9.17) is 4.74 Å². The largest absolute Gasteiger partial charge is 0.508 e. The van der Waals surface area contributed by atoms with E-state index in [9.17, 15) is 9.90 Å². The van der Waals surface area contributed by atoms with Gasteiger partial charge in [0, 0.05) is 38.6 Å². The number of hydrogen-bond donors (Lipinski definition) is 2. The fourth-order valence-corrected chi connectivity index (χ4v) is 3.02. The van der Waals surface area contributed by atoms with Crippen molar-refractivity contribution in [1.82, 2.24) is 14.9 Å². The number of carbonyl (C=O) groups is 1.